The molecule has 1 heterocycles. The Morgan fingerprint density at radius 1 is 1.20 bits per heavy atom. The first-order chi connectivity index (χ1) is 9.55. The van der Waals surface area contributed by atoms with E-state index in [0.29, 0.717) is 26.1 Å². The summed E-state index contributed by atoms with van der Waals surface area (Å²) in [5, 5.41) is -0.429. The molecule has 6 nitrogen and oxygen atoms in total. The largest absolute Gasteiger partial charge is 0.468 e. The van der Waals surface area contributed by atoms with E-state index in [4.69, 9.17) is 4.74 Å². The Hall–Kier alpha value is -0.660. The average Bonchev–Trinajstić information content (AvgIpc) is 2.99. The zero-order valence-electron chi connectivity index (χ0n) is 11.9. The van der Waals surface area contributed by atoms with E-state index in [2.05, 4.69) is 4.74 Å². The maximum atomic E-state index is 12.8. The molecule has 0 unspecified atom stereocenters. The highest BCUT2D eigenvalue weighted by molar-refractivity contribution is 7.89. The molecule has 0 spiro atoms. The number of sulfonamides is 1. The number of nitrogens with zero attached hydrogens (tertiary/aromatic N) is 1. The van der Waals surface area contributed by atoms with E-state index in [1.54, 1.807) is 0 Å². The maximum absolute atomic E-state index is 12.8. The molecular weight excluding hydrogens is 282 g/mol. The van der Waals surface area contributed by atoms with Crippen LogP contribution in [0.4, 0.5) is 0 Å². The van der Waals surface area contributed by atoms with Crippen molar-refractivity contribution in [3.05, 3.63) is 0 Å². The summed E-state index contributed by atoms with van der Waals surface area (Å²) in [5.74, 6) is -0.493. The Morgan fingerprint density at radius 3 is 2.35 bits per heavy atom. The van der Waals surface area contributed by atoms with Crippen molar-refractivity contribution in [1.29, 1.82) is 0 Å². The van der Waals surface area contributed by atoms with E-state index < -0.39 is 21.2 Å². The Balaban J connectivity index is 2.16. The molecule has 1 aliphatic carbocycles. The first kappa shape index (κ1) is 15.7. The van der Waals surface area contributed by atoms with Gasteiger partial charge in [0, 0.05) is 19.3 Å². The van der Waals surface area contributed by atoms with Gasteiger partial charge in [-0.2, -0.15) is 4.31 Å². The molecule has 2 fully saturated rings. The lowest BCUT2D eigenvalue weighted by Gasteiger charge is -2.32. The fourth-order valence-corrected chi connectivity index (χ4v) is 5.06. The normalized spacial score (nSPS) is 22.3. The molecule has 1 saturated carbocycles. The molecule has 1 aliphatic heterocycles. The van der Waals surface area contributed by atoms with Crippen LogP contribution < -0.4 is 0 Å². The van der Waals surface area contributed by atoms with E-state index in [-0.39, 0.29) is 12.6 Å². The zero-order valence-corrected chi connectivity index (χ0v) is 12.7. The minimum Gasteiger partial charge on any atom is -0.468 e. The highest BCUT2D eigenvalue weighted by Gasteiger charge is 2.39. The fourth-order valence-electron chi connectivity index (χ4n) is 2.98. The molecule has 2 aliphatic rings. The number of carbonyl (C=O) groups is 1. The summed E-state index contributed by atoms with van der Waals surface area (Å²) in [4.78, 5) is 11.6. The second-order valence-electron chi connectivity index (χ2n) is 5.42. The molecule has 7 heteroatoms. The van der Waals surface area contributed by atoms with Crippen molar-refractivity contribution in [1.82, 2.24) is 4.31 Å². The minimum absolute atomic E-state index is 0.0538. The second-order valence-corrected chi connectivity index (χ2v) is 7.58. The summed E-state index contributed by atoms with van der Waals surface area (Å²) in [6.07, 6.45) is 4.72. The lowest BCUT2D eigenvalue weighted by molar-refractivity contribution is -0.141. The van der Waals surface area contributed by atoms with Gasteiger partial charge in [0.2, 0.25) is 10.0 Å². The van der Waals surface area contributed by atoms with Gasteiger partial charge in [-0.25, -0.2) is 8.42 Å². The predicted molar refractivity (Wildman–Crippen MR) is 73.7 cm³/mol. The van der Waals surface area contributed by atoms with Crippen LogP contribution in [0.25, 0.3) is 0 Å². The van der Waals surface area contributed by atoms with Crippen LogP contribution >= 0.6 is 0 Å². The van der Waals surface area contributed by atoms with E-state index in [0.717, 1.165) is 25.7 Å². The van der Waals surface area contributed by atoms with Crippen LogP contribution in [0.15, 0.2) is 0 Å². The molecule has 0 aromatic carbocycles. The topological polar surface area (TPSA) is 72.9 Å². The Morgan fingerprint density at radius 2 is 1.80 bits per heavy atom. The van der Waals surface area contributed by atoms with Crippen molar-refractivity contribution in [2.75, 3.05) is 26.9 Å². The zero-order chi connectivity index (χ0) is 14.6. The molecule has 2 rings (SSSR count). The molecule has 20 heavy (non-hydrogen) atoms. The SMILES string of the molecule is COC(=O)CN(C1CCCC1)S(=O)(=O)C1CCOCC1. The first-order valence-electron chi connectivity index (χ1n) is 7.21. The molecule has 116 valence electrons. The number of esters is 1. The summed E-state index contributed by atoms with van der Waals surface area (Å²) >= 11 is 0. The van der Waals surface area contributed by atoms with Gasteiger partial charge in [0.25, 0.3) is 0 Å². The van der Waals surface area contributed by atoms with Gasteiger partial charge in [-0.15, -0.1) is 0 Å². The summed E-state index contributed by atoms with van der Waals surface area (Å²) < 4.78 is 36.8. The quantitative estimate of drug-likeness (QED) is 0.706. The number of hydrogen-bond donors (Lipinski definition) is 0. The number of methoxy groups -OCH3 is 1. The standard InChI is InChI=1S/C13H23NO5S/c1-18-13(15)10-14(11-4-2-3-5-11)20(16,17)12-6-8-19-9-7-12/h11-12H,2-10H2,1H3. The Kier molecular flexibility index (Phi) is 5.40. The van der Waals surface area contributed by atoms with Crippen molar-refractivity contribution >= 4 is 16.0 Å². The minimum atomic E-state index is -3.46. The van der Waals surface area contributed by atoms with Gasteiger partial charge < -0.3 is 9.47 Å². The molecule has 0 atom stereocenters. The lowest BCUT2D eigenvalue weighted by Crippen LogP contribution is -2.48. The summed E-state index contributed by atoms with van der Waals surface area (Å²) in [6.45, 7) is 0.780. The lowest BCUT2D eigenvalue weighted by atomic mass is 10.2. The number of ether oxygens (including phenoxy) is 2. The van der Waals surface area contributed by atoms with E-state index in [1.165, 1.54) is 11.4 Å². The van der Waals surface area contributed by atoms with Gasteiger partial charge in [0.1, 0.15) is 6.54 Å². The summed E-state index contributed by atoms with van der Waals surface area (Å²) in [6, 6.07) is -0.0538. The number of hydrogen-bond acceptors (Lipinski definition) is 5. The van der Waals surface area contributed by atoms with Crippen LogP contribution in [-0.4, -0.2) is 56.9 Å². The predicted octanol–water partition coefficient (Wildman–Crippen LogP) is 0.913. The van der Waals surface area contributed by atoms with Crippen LogP contribution in [-0.2, 0) is 24.3 Å². The van der Waals surface area contributed by atoms with E-state index in [9.17, 15) is 13.2 Å². The number of rotatable bonds is 5. The summed E-state index contributed by atoms with van der Waals surface area (Å²) in [7, 11) is -2.17. The van der Waals surface area contributed by atoms with Crippen molar-refractivity contribution in [3.8, 4) is 0 Å². The highest BCUT2D eigenvalue weighted by Crippen LogP contribution is 2.29. The van der Waals surface area contributed by atoms with E-state index >= 15 is 0 Å². The third-order valence-electron chi connectivity index (χ3n) is 4.16. The molecule has 0 radical (unpaired) electrons. The van der Waals surface area contributed by atoms with Crippen LogP contribution in [0.3, 0.4) is 0 Å². The molecule has 1 saturated heterocycles. The summed E-state index contributed by atoms with van der Waals surface area (Å²) in [5.41, 5.74) is 0. The van der Waals surface area contributed by atoms with Crippen LogP contribution in [0.5, 0.6) is 0 Å². The third-order valence-corrected chi connectivity index (χ3v) is 6.56. The van der Waals surface area contributed by atoms with Gasteiger partial charge in [0.05, 0.1) is 12.4 Å². The van der Waals surface area contributed by atoms with Gasteiger partial charge in [0.15, 0.2) is 0 Å². The fraction of sp³-hybridized carbons (Fsp3) is 0.923. The molecule has 0 amide bonds. The molecular formula is C13H23NO5S. The molecule has 0 aromatic heterocycles. The van der Waals surface area contributed by atoms with Gasteiger partial charge >= 0.3 is 5.97 Å². The monoisotopic (exact) mass is 305 g/mol. The first-order valence-corrected chi connectivity index (χ1v) is 8.71. The third kappa shape index (κ3) is 3.51. The van der Waals surface area contributed by atoms with Crippen molar-refractivity contribution in [2.24, 2.45) is 0 Å². The second kappa shape index (κ2) is 6.87. The Labute approximate surface area is 120 Å². The van der Waals surface area contributed by atoms with Crippen LogP contribution in [0.2, 0.25) is 0 Å². The maximum Gasteiger partial charge on any atom is 0.321 e. The van der Waals surface area contributed by atoms with Crippen molar-refractivity contribution < 1.29 is 22.7 Å². The van der Waals surface area contributed by atoms with Gasteiger partial charge in [-0.05, 0) is 25.7 Å². The van der Waals surface area contributed by atoms with Crippen LogP contribution in [0.1, 0.15) is 38.5 Å². The highest BCUT2D eigenvalue weighted by atomic mass is 32.2. The van der Waals surface area contributed by atoms with Crippen molar-refractivity contribution in [3.63, 3.8) is 0 Å². The molecule has 0 N–H and O–H groups in total. The van der Waals surface area contributed by atoms with E-state index in [1.807, 2.05) is 0 Å². The average molecular weight is 305 g/mol. The van der Waals surface area contributed by atoms with Crippen LogP contribution in [0, 0.1) is 0 Å². The van der Waals surface area contributed by atoms with Crippen molar-refractivity contribution in [2.45, 2.75) is 49.8 Å². The molecule has 0 bridgehead atoms. The molecule has 0 aromatic rings. The van der Waals surface area contributed by atoms with Gasteiger partial charge in [-0.3, -0.25) is 4.79 Å². The Bertz CT molecular complexity index is 424. The van der Waals surface area contributed by atoms with Gasteiger partial charge in [-0.1, -0.05) is 12.8 Å². The number of carbonyl (C=O) groups excluding carboxylic acids is 1. The smallest absolute Gasteiger partial charge is 0.321 e.